The highest BCUT2D eigenvalue weighted by Gasteiger charge is 2.17. The van der Waals surface area contributed by atoms with Crippen LogP contribution in [0.4, 0.5) is 0 Å². The minimum Gasteiger partial charge on any atom is -0.135 e. The van der Waals surface area contributed by atoms with Crippen molar-refractivity contribution >= 4 is 122 Å². The lowest BCUT2D eigenvalue weighted by molar-refractivity contribution is 1.79. The van der Waals surface area contributed by atoms with Crippen molar-refractivity contribution in [2.75, 3.05) is 0 Å². The van der Waals surface area contributed by atoms with Crippen molar-refractivity contribution in [2.24, 2.45) is 0 Å². The molecule has 2 aromatic heterocycles. The molecule has 0 spiro atoms. The molecule has 0 saturated carbocycles. The Labute approximate surface area is 240 Å². The molecule has 3 heteroatoms. The van der Waals surface area contributed by atoms with Crippen molar-refractivity contribution in [3.63, 3.8) is 0 Å². The van der Waals surface area contributed by atoms with Crippen LogP contribution in [-0.4, -0.2) is 0 Å². The molecule has 0 nitrogen and oxygen atoms in total. The SMILES string of the molecule is Brc1ccc2sc3cccc4c5ccccc5c1c2c34.c1ccc2c(c1)c1cccc3sc4cccc2c4c31. The summed E-state index contributed by atoms with van der Waals surface area (Å²) in [5.74, 6) is 0. The zero-order valence-electron chi connectivity index (χ0n) is 20.7. The molecular formula is C36H19BrS2. The smallest absolute Gasteiger partial charge is 0.0362 e. The molecular weight excluding hydrogens is 576 g/mol. The van der Waals surface area contributed by atoms with Crippen LogP contribution in [0, 0.1) is 0 Å². The van der Waals surface area contributed by atoms with Gasteiger partial charge in [-0.15, -0.1) is 22.7 Å². The molecule has 8 aromatic carbocycles. The van der Waals surface area contributed by atoms with Gasteiger partial charge in [-0.05, 0) is 68.0 Å². The predicted molar refractivity (Wildman–Crippen MR) is 179 cm³/mol. The molecule has 0 saturated heterocycles. The molecule has 0 aliphatic rings. The summed E-state index contributed by atoms with van der Waals surface area (Å²) in [6.07, 6.45) is 0. The Kier molecular flexibility index (Phi) is 4.60. The van der Waals surface area contributed by atoms with Crippen LogP contribution in [0.5, 0.6) is 0 Å². The normalized spacial score (nSPS) is 12.2. The number of thiophene rings is 2. The Bertz CT molecular complexity index is 2430. The first-order valence-corrected chi connectivity index (χ1v) is 15.5. The zero-order valence-corrected chi connectivity index (χ0v) is 23.9. The van der Waals surface area contributed by atoms with E-state index in [0.717, 1.165) is 0 Å². The van der Waals surface area contributed by atoms with Crippen LogP contribution in [0.1, 0.15) is 0 Å². The number of halogens is 1. The highest BCUT2D eigenvalue weighted by atomic mass is 79.9. The third-order valence-electron chi connectivity index (χ3n) is 8.13. The Morgan fingerprint density at radius 1 is 0.308 bits per heavy atom. The van der Waals surface area contributed by atoms with Crippen molar-refractivity contribution in [1.82, 2.24) is 0 Å². The number of rotatable bonds is 0. The summed E-state index contributed by atoms with van der Waals surface area (Å²) in [7, 11) is 0. The average molecular weight is 596 g/mol. The van der Waals surface area contributed by atoms with E-state index in [2.05, 4.69) is 131 Å². The second-order valence-corrected chi connectivity index (χ2v) is 13.1. The van der Waals surface area contributed by atoms with Crippen LogP contribution in [0.2, 0.25) is 0 Å². The van der Waals surface area contributed by atoms with Crippen LogP contribution < -0.4 is 0 Å². The van der Waals surface area contributed by atoms with Crippen LogP contribution in [0.3, 0.4) is 0 Å². The molecule has 182 valence electrons. The summed E-state index contributed by atoms with van der Waals surface area (Å²) >= 11 is 7.54. The average Bonchev–Trinajstić information content (AvgIpc) is 3.56. The monoisotopic (exact) mass is 594 g/mol. The van der Waals surface area contributed by atoms with Gasteiger partial charge in [-0.2, -0.15) is 0 Å². The van der Waals surface area contributed by atoms with E-state index in [4.69, 9.17) is 0 Å². The third kappa shape index (κ3) is 2.98. The molecule has 0 atom stereocenters. The predicted octanol–water partition coefficient (Wildman–Crippen LogP) is 12.4. The molecule has 10 rings (SSSR count). The fourth-order valence-electron chi connectivity index (χ4n) is 6.58. The lowest BCUT2D eigenvalue weighted by Gasteiger charge is -2.10. The Morgan fingerprint density at radius 2 is 0.667 bits per heavy atom. The van der Waals surface area contributed by atoms with Crippen molar-refractivity contribution in [2.45, 2.75) is 0 Å². The third-order valence-corrected chi connectivity index (χ3v) is 11.0. The minimum atomic E-state index is 1.19. The summed E-state index contributed by atoms with van der Waals surface area (Å²) < 4.78 is 6.74. The van der Waals surface area contributed by atoms with Gasteiger partial charge in [0.1, 0.15) is 0 Å². The second-order valence-electron chi connectivity index (χ2n) is 10.1. The Balaban J connectivity index is 0.000000113. The zero-order chi connectivity index (χ0) is 25.7. The van der Waals surface area contributed by atoms with Gasteiger partial charge in [0, 0.05) is 50.2 Å². The Morgan fingerprint density at radius 3 is 1.18 bits per heavy atom. The van der Waals surface area contributed by atoms with Gasteiger partial charge in [0.25, 0.3) is 0 Å². The van der Waals surface area contributed by atoms with Crippen LogP contribution in [0.15, 0.2) is 120 Å². The maximum atomic E-state index is 3.75. The number of hydrogen-bond donors (Lipinski definition) is 0. The van der Waals surface area contributed by atoms with Crippen LogP contribution in [0.25, 0.3) is 83.4 Å². The van der Waals surface area contributed by atoms with Crippen LogP contribution >= 0.6 is 38.6 Å². The highest BCUT2D eigenvalue weighted by Crippen LogP contribution is 2.47. The lowest BCUT2D eigenvalue weighted by atomic mass is 9.94. The molecule has 0 aliphatic heterocycles. The van der Waals surface area contributed by atoms with E-state index in [0.29, 0.717) is 0 Å². The van der Waals surface area contributed by atoms with E-state index >= 15 is 0 Å². The largest absolute Gasteiger partial charge is 0.135 e. The Hall–Kier alpha value is -3.76. The molecule has 0 fully saturated rings. The number of hydrogen-bond acceptors (Lipinski definition) is 2. The van der Waals surface area contributed by atoms with E-state index in [1.54, 1.807) is 0 Å². The fraction of sp³-hybridized carbons (Fsp3) is 0. The molecule has 39 heavy (non-hydrogen) atoms. The molecule has 0 N–H and O–H groups in total. The summed E-state index contributed by atoms with van der Waals surface area (Å²) in [5.41, 5.74) is 0. The molecule has 0 amide bonds. The highest BCUT2D eigenvalue weighted by molar-refractivity contribution is 9.10. The van der Waals surface area contributed by atoms with Gasteiger partial charge in [-0.1, -0.05) is 101 Å². The van der Waals surface area contributed by atoms with Gasteiger partial charge in [-0.25, -0.2) is 0 Å². The van der Waals surface area contributed by atoms with Gasteiger partial charge in [0.2, 0.25) is 0 Å². The first kappa shape index (κ1) is 22.1. The van der Waals surface area contributed by atoms with Crippen molar-refractivity contribution < 1.29 is 0 Å². The van der Waals surface area contributed by atoms with E-state index in [1.807, 2.05) is 22.7 Å². The van der Waals surface area contributed by atoms with Crippen molar-refractivity contribution in [3.05, 3.63) is 120 Å². The topological polar surface area (TPSA) is 0 Å². The summed E-state index contributed by atoms with van der Waals surface area (Å²) in [5, 5.41) is 16.6. The molecule has 10 aromatic rings. The lowest BCUT2D eigenvalue weighted by Crippen LogP contribution is -1.82. The summed E-state index contributed by atoms with van der Waals surface area (Å²) in [4.78, 5) is 0. The summed E-state index contributed by atoms with van der Waals surface area (Å²) in [6, 6.07) is 41.8. The maximum Gasteiger partial charge on any atom is 0.0362 e. The molecule has 0 radical (unpaired) electrons. The van der Waals surface area contributed by atoms with E-state index < -0.39 is 0 Å². The first-order valence-electron chi connectivity index (χ1n) is 13.1. The van der Waals surface area contributed by atoms with E-state index in [9.17, 15) is 0 Å². The van der Waals surface area contributed by atoms with Gasteiger partial charge in [0.05, 0.1) is 0 Å². The van der Waals surface area contributed by atoms with E-state index in [1.165, 1.54) is 87.9 Å². The molecule has 0 aliphatic carbocycles. The van der Waals surface area contributed by atoms with Crippen LogP contribution in [-0.2, 0) is 0 Å². The number of fused-ring (bicyclic) bond motifs is 6. The molecule has 2 heterocycles. The van der Waals surface area contributed by atoms with E-state index in [-0.39, 0.29) is 0 Å². The van der Waals surface area contributed by atoms with Crippen molar-refractivity contribution in [3.8, 4) is 0 Å². The quantitative estimate of drug-likeness (QED) is 0.153. The summed E-state index contributed by atoms with van der Waals surface area (Å²) in [6.45, 7) is 0. The van der Waals surface area contributed by atoms with Gasteiger partial charge in [0.15, 0.2) is 0 Å². The first-order chi connectivity index (χ1) is 19.3. The van der Waals surface area contributed by atoms with Gasteiger partial charge in [-0.3, -0.25) is 0 Å². The maximum absolute atomic E-state index is 3.75. The number of benzene rings is 8. The molecule has 0 bridgehead atoms. The van der Waals surface area contributed by atoms with Gasteiger partial charge < -0.3 is 0 Å². The van der Waals surface area contributed by atoms with Gasteiger partial charge >= 0.3 is 0 Å². The second kappa shape index (κ2) is 8.12. The fourth-order valence-corrected chi connectivity index (χ4v) is 9.42. The minimum absolute atomic E-state index is 1.19. The van der Waals surface area contributed by atoms with Crippen molar-refractivity contribution in [1.29, 1.82) is 0 Å². The standard InChI is InChI=1S/C18H9BrS.C18H10S/c19-13-8-9-15-18-16(13)11-5-2-1-4-10(11)12-6-3-7-14(20-15)17(12)18;1-2-6-12-11(5-1)13-7-3-9-15-17(13)18-14(12)8-4-10-16(18)19-15/h1-9H;1-10H. The molecule has 0 unspecified atom stereocenters.